The Morgan fingerprint density at radius 1 is 1.48 bits per heavy atom. The van der Waals surface area contributed by atoms with Gasteiger partial charge in [-0.05, 0) is 45.4 Å². The number of hydrogen-bond acceptors (Lipinski definition) is 4. The molecule has 2 aromatic rings. The Morgan fingerprint density at radius 3 is 3.09 bits per heavy atom. The third-order valence-electron chi connectivity index (χ3n) is 4.37. The van der Waals surface area contributed by atoms with Gasteiger partial charge < -0.3 is 15.6 Å². The van der Waals surface area contributed by atoms with Gasteiger partial charge in [0.1, 0.15) is 5.82 Å². The molecule has 1 aliphatic heterocycles. The molecule has 0 saturated carbocycles. The summed E-state index contributed by atoms with van der Waals surface area (Å²) in [7, 11) is 0. The molecule has 3 unspecified atom stereocenters. The third-order valence-corrected chi connectivity index (χ3v) is 5.52. The third kappa shape index (κ3) is 4.06. The maximum atomic E-state index is 12.2. The van der Waals surface area contributed by atoms with Crippen LogP contribution >= 0.6 is 11.8 Å². The number of rotatable bonds is 5. The van der Waals surface area contributed by atoms with Crippen molar-refractivity contribution in [3.8, 4) is 0 Å². The van der Waals surface area contributed by atoms with Crippen molar-refractivity contribution in [2.24, 2.45) is 0 Å². The highest BCUT2D eigenvalue weighted by molar-refractivity contribution is 8.00. The first kappa shape index (κ1) is 16.3. The summed E-state index contributed by atoms with van der Waals surface area (Å²) < 4.78 is 0. The van der Waals surface area contributed by atoms with Gasteiger partial charge in [-0.15, -0.1) is 11.8 Å². The van der Waals surface area contributed by atoms with Crippen molar-refractivity contribution in [1.82, 2.24) is 20.6 Å². The molecule has 1 saturated heterocycles. The largest absolute Gasteiger partial charge is 0.351 e. The fraction of sp³-hybridized carbons (Fsp3) is 0.529. The Kier molecular flexibility index (Phi) is 5.23. The number of nitrogens with one attached hydrogen (secondary N) is 3. The predicted octanol–water partition coefficient (Wildman–Crippen LogP) is 2.61. The molecule has 5 nitrogen and oxygen atoms in total. The molecule has 124 valence electrons. The second kappa shape index (κ2) is 7.36. The van der Waals surface area contributed by atoms with E-state index in [4.69, 9.17) is 0 Å². The minimum atomic E-state index is 0.110. The number of aromatic amines is 1. The van der Waals surface area contributed by atoms with Crippen LogP contribution in [0.5, 0.6) is 0 Å². The molecule has 23 heavy (non-hydrogen) atoms. The van der Waals surface area contributed by atoms with E-state index in [0.717, 1.165) is 36.2 Å². The van der Waals surface area contributed by atoms with E-state index in [-0.39, 0.29) is 17.2 Å². The lowest BCUT2D eigenvalue weighted by Gasteiger charge is -2.30. The van der Waals surface area contributed by atoms with Crippen molar-refractivity contribution in [2.75, 3.05) is 12.3 Å². The van der Waals surface area contributed by atoms with Crippen molar-refractivity contribution >= 4 is 28.7 Å². The summed E-state index contributed by atoms with van der Waals surface area (Å²) in [6.45, 7) is 5.26. The fourth-order valence-electron chi connectivity index (χ4n) is 2.93. The second-order valence-electron chi connectivity index (χ2n) is 6.15. The van der Waals surface area contributed by atoms with Gasteiger partial charge in [-0.25, -0.2) is 4.98 Å². The molecule has 0 radical (unpaired) electrons. The minimum absolute atomic E-state index is 0.110. The van der Waals surface area contributed by atoms with Gasteiger partial charge in [0.05, 0.1) is 22.0 Å². The smallest absolute Gasteiger partial charge is 0.230 e. The van der Waals surface area contributed by atoms with Crippen LogP contribution < -0.4 is 10.6 Å². The summed E-state index contributed by atoms with van der Waals surface area (Å²) in [6.07, 6.45) is 2.18. The number of imidazole rings is 1. The van der Waals surface area contributed by atoms with Crippen LogP contribution in [0.4, 0.5) is 0 Å². The zero-order valence-electron chi connectivity index (χ0n) is 13.6. The number of carbonyl (C=O) groups excluding carboxylic acids is 1. The van der Waals surface area contributed by atoms with E-state index in [9.17, 15) is 4.79 Å². The van der Waals surface area contributed by atoms with Crippen LogP contribution in [0.2, 0.25) is 0 Å². The molecule has 1 amide bonds. The maximum absolute atomic E-state index is 12.2. The van der Waals surface area contributed by atoms with Gasteiger partial charge in [0.15, 0.2) is 0 Å². The Balaban J connectivity index is 1.51. The van der Waals surface area contributed by atoms with E-state index in [0.29, 0.717) is 11.8 Å². The average Bonchev–Trinajstić information content (AvgIpc) is 2.99. The molecule has 6 heteroatoms. The highest BCUT2D eigenvalue weighted by Crippen LogP contribution is 2.27. The Hall–Kier alpha value is -1.53. The SMILES string of the molecule is CC(SCC(=O)NC1CCCNC1C)c1nc2ccccc2[nH]1. The molecular weight excluding hydrogens is 308 g/mol. The first-order chi connectivity index (χ1) is 11.1. The average molecular weight is 332 g/mol. The summed E-state index contributed by atoms with van der Waals surface area (Å²) >= 11 is 1.62. The van der Waals surface area contributed by atoms with E-state index in [2.05, 4.69) is 34.4 Å². The highest BCUT2D eigenvalue weighted by Gasteiger charge is 2.22. The number of H-pyrrole nitrogens is 1. The van der Waals surface area contributed by atoms with Crippen LogP contribution in [0.1, 0.15) is 37.8 Å². The van der Waals surface area contributed by atoms with Gasteiger partial charge in [-0.1, -0.05) is 12.1 Å². The molecular formula is C17H24N4OS. The topological polar surface area (TPSA) is 69.8 Å². The van der Waals surface area contributed by atoms with Crippen molar-refractivity contribution < 1.29 is 4.79 Å². The zero-order chi connectivity index (χ0) is 16.2. The van der Waals surface area contributed by atoms with Gasteiger partial charge in [0, 0.05) is 12.1 Å². The van der Waals surface area contributed by atoms with E-state index in [1.165, 1.54) is 0 Å². The van der Waals surface area contributed by atoms with Gasteiger partial charge >= 0.3 is 0 Å². The number of para-hydroxylation sites is 2. The second-order valence-corrected chi connectivity index (χ2v) is 7.48. The van der Waals surface area contributed by atoms with Gasteiger partial charge in [0.2, 0.25) is 5.91 Å². The number of nitrogens with zero attached hydrogens (tertiary/aromatic N) is 1. The Morgan fingerprint density at radius 2 is 2.30 bits per heavy atom. The summed E-state index contributed by atoms with van der Waals surface area (Å²) in [6, 6.07) is 8.60. The number of carbonyl (C=O) groups is 1. The number of thioether (sulfide) groups is 1. The number of hydrogen-bond donors (Lipinski definition) is 3. The van der Waals surface area contributed by atoms with Crippen LogP contribution in [0.3, 0.4) is 0 Å². The predicted molar refractivity (Wildman–Crippen MR) is 95.6 cm³/mol. The van der Waals surface area contributed by atoms with Crippen molar-refractivity contribution in [3.63, 3.8) is 0 Å². The molecule has 1 aromatic carbocycles. The first-order valence-corrected chi connectivity index (χ1v) is 9.27. The fourth-order valence-corrected chi connectivity index (χ4v) is 3.69. The monoisotopic (exact) mass is 332 g/mol. The lowest BCUT2D eigenvalue weighted by molar-refractivity contribution is -0.119. The van der Waals surface area contributed by atoms with Crippen molar-refractivity contribution in [1.29, 1.82) is 0 Å². The van der Waals surface area contributed by atoms with Crippen molar-refractivity contribution in [3.05, 3.63) is 30.1 Å². The quantitative estimate of drug-likeness (QED) is 0.787. The molecule has 2 heterocycles. The summed E-state index contributed by atoms with van der Waals surface area (Å²) in [5.41, 5.74) is 2.02. The normalized spacial score (nSPS) is 22.9. The van der Waals surface area contributed by atoms with Crippen molar-refractivity contribution in [2.45, 2.75) is 44.0 Å². The molecule has 0 bridgehead atoms. The molecule has 1 aliphatic rings. The Bertz CT molecular complexity index is 638. The van der Waals surface area contributed by atoms with E-state index < -0.39 is 0 Å². The van der Waals surface area contributed by atoms with E-state index >= 15 is 0 Å². The van der Waals surface area contributed by atoms with Crippen LogP contribution in [0.15, 0.2) is 24.3 Å². The lowest BCUT2D eigenvalue weighted by atomic mass is 10.00. The number of amides is 1. The molecule has 0 spiro atoms. The first-order valence-electron chi connectivity index (χ1n) is 8.22. The van der Waals surface area contributed by atoms with Gasteiger partial charge in [-0.2, -0.15) is 0 Å². The number of fused-ring (bicyclic) bond motifs is 1. The molecule has 3 atom stereocenters. The number of aromatic nitrogens is 2. The summed E-state index contributed by atoms with van der Waals surface area (Å²) in [5, 5.41) is 6.72. The van der Waals surface area contributed by atoms with Crippen LogP contribution in [0, 0.1) is 0 Å². The maximum Gasteiger partial charge on any atom is 0.230 e. The standard InChI is InChI=1S/C17H24N4OS/c1-11-13(8-5-9-18-11)19-16(22)10-23-12(2)17-20-14-6-3-4-7-15(14)21-17/h3-4,6-7,11-13,18H,5,8-10H2,1-2H3,(H,19,22)(H,20,21). The highest BCUT2D eigenvalue weighted by atomic mass is 32.2. The summed E-state index contributed by atoms with van der Waals surface area (Å²) in [5.74, 6) is 1.50. The number of benzene rings is 1. The lowest BCUT2D eigenvalue weighted by Crippen LogP contribution is -2.52. The Labute approximate surface area is 141 Å². The van der Waals surface area contributed by atoms with E-state index in [1.54, 1.807) is 11.8 Å². The minimum Gasteiger partial charge on any atom is -0.351 e. The molecule has 3 N–H and O–H groups in total. The molecule has 1 aromatic heterocycles. The molecule has 1 fully saturated rings. The summed E-state index contributed by atoms with van der Waals surface area (Å²) in [4.78, 5) is 20.1. The number of piperidine rings is 1. The van der Waals surface area contributed by atoms with Gasteiger partial charge in [-0.3, -0.25) is 4.79 Å². The van der Waals surface area contributed by atoms with Crippen LogP contribution in [-0.4, -0.2) is 40.3 Å². The zero-order valence-corrected chi connectivity index (χ0v) is 14.5. The molecule has 3 rings (SSSR count). The van der Waals surface area contributed by atoms with Crippen LogP contribution in [0.25, 0.3) is 11.0 Å². The van der Waals surface area contributed by atoms with Crippen LogP contribution in [-0.2, 0) is 4.79 Å². The van der Waals surface area contributed by atoms with E-state index in [1.807, 2.05) is 24.3 Å². The molecule has 0 aliphatic carbocycles. The van der Waals surface area contributed by atoms with Gasteiger partial charge in [0.25, 0.3) is 0 Å².